The van der Waals surface area contributed by atoms with E-state index in [2.05, 4.69) is 41.7 Å². The van der Waals surface area contributed by atoms with Crippen LogP contribution >= 0.6 is 0 Å². The van der Waals surface area contributed by atoms with Crippen LogP contribution in [0, 0.1) is 0 Å². The molecule has 0 spiro atoms. The van der Waals surface area contributed by atoms with E-state index in [0.29, 0.717) is 6.04 Å². The number of nitrogens with one attached hydrogen (secondary N) is 1. The number of nitrogens with two attached hydrogens (primary N) is 1. The number of hydrogen-bond donors (Lipinski definition) is 2. The molecule has 1 atom stereocenters. The Morgan fingerprint density at radius 3 is 2.00 bits per heavy atom. The van der Waals surface area contributed by atoms with Gasteiger partial charge in [-0.3, -0.25) is 0 Å². The maximum Gasteiger partial charge on any atom is 0.163 e. The molecule has 0 aliphatic carbocycles. The van der Waals surface area contributed by atoms with Crippen LogP contribution < -0.4 is 24.4 Å². The van der Waals surface area contributed by atoms with Crippen molar-refractivity contribution in [2.24, 2.45) is 0 Å². The molecule has 1 saturated heterocycles. The zero-order valence-corrected chi connectivity index (χ0v) is 16.7. The van der Waals surface area contributed by atoms with Crippen molar-refractivity contribution in [2.75, 3.05) is 41.0 Å². The van der Waals surface area contributed by atoms with Gasteiger partial charge in [0, 0.05) is 30.0 Å². The molecule has 0 unspecified atom stereocenters. The maximum absolute atomic E-state index is 5.39. The zero-order chi connectivity index (χ0) is 19.1. The third-order valence-corrected chi connectivity index (χ3v) is 5.45. The zero-order valence-electron chi connectivity index (χ0n) is 16.7. The van der Waals surface area contributed by atoms with E-state index >= 15 is 0 Å². The summed E-state index contributed by atoms with van der Waals surface area (Å²) in [4.78, 5) is 1.69. The summed E-state index contributed by atoms with van der Waals surface area (Å²) in [7, 11) is 5.10. The fraction of sp³-hybridized carbons (Fsp3) is 0.455. The highest BCUT2D eigenvalue weighted by Crippen LogP contribution is 2.22. The Morgan fingerprint density at radius 1 is 0.852 bits per heavy atom. The Labute approximate surface area is 162 Å². The standard InChI is InChI=1S/C22H30N2O3/c1-25-19-8-6-18(7-9-19)22(24-10-4-5-11-24)16-23-15-17-12-20(26-2)14-21(13-17)27-3/h6-9,12-14,22-23H,4-5,10-11,15-16H2,1-3H3/p+2/t22-/m0/s1. The number of ether oxygens (including phenoxy) is 3. The van der Waals surface area contributed by atoms with Gasteiger partial charge in [0.15, 0.2) is 6.04 Å². The lowest BCUT2D eigenvalue weighted by atomic mass is 10.0. The van der Waals surface area contributed by atoms with Gasteiger partial charge in [0.2, 0.25) is 0 Å². The molecule has 0 bridgehead atoms. The van der Waals surface area contributed by atoms with Crippen molar-refractivity contribution < 1.29 is 24.4 Å². The van der Waals surface area contributed by atoms with Crippen molar-refractivity contribution in [3.63, 3.8) is 0 Å². The second kappa shape index (κ2) is 9.62. The van der Waals surface area contributed by atoms with Crippen molar-refractivity contribution in [1.29, 1.82) is 0 Å². The van der Waals surface area contributed by atoms with E-state index in [1.165, 1.54) is 37.1 Å². The molecule has 27 heavy (non-hydrogen) atoms. The Morgan fingerprint density at radius 2 is 1.44 bits per heavy atom. The Hall–Kier alpha value is -2.24. The number of hydrogen-bond acceptors (Lipinski definition) is 3. The van der Waals surface area contributed by atoms with Crippen LogP contribution in [-0.2, 0) is 6.54 Å². The molecule has 5 heteroatoms. The lowest BCUT2D eigenvalue weighted by molar-refractivity contribution is -0.935. The predicted molar refractivity (Wildman–Crippen MR) is 106 cm³/mol. The van der Waals surface area contributed by atoms with Crippen LogP contribution in [0.25, 0.3) is 0 Å². The lowest BCUT2D eigenvalue weighted by Crippen LogP contribution is -3.13. The van der Waals surface area contributed by atoms with Gasteiger partial charge in [-0.1, -0.05) is 0 Å². The van der Waals surface area contributed by atoms with Gasteiger partial charge in [0.1, 0.15) is 30.3 Å². The molecule has 2 aromatic carbocycles. The number of likely N-dealkylation sites (tertiary alicyclic amines) is 1. The third-order valence-electron chi connectivity index (χ3n) is 5.45. The highest BCUT2D eigenvalue weighted by atomic mass is 16.5. The van der Waals surface area contributed by atoms with Gasteiger partial charge in [0.05, 0.1) is 34.4 Å². The Bertz CT molecular complexity index is 690. The smallest absolute Gasteiger partial charge is 0.163 e. The van der Waals surface area contributed by atoms with Gasteiger partial charge in [-0.05, 0) is 36.4 Å². The average molecular weight is 373 g/mol. The van der Waals surface area contributed by atoms with Gasteiger partial charge >= 0.3 is 0 Å². The largest absolute Gasteiger partial charge is 0.497 e. The first-order valence-corrected chi connectivity index (χ1v) is 9.75. The second-order valence-corrected chi connectivity index (χ2v) is 7.14. The molecule has 0 radical (unpaired) electrons. The van der Waals surface area contributed by atoms with E-state index in [-0.39, 0.29) is 0 Å². The van der Waals surface area contributed by atoms with Crippen molar-refractivity contribution >= 4 is 0 Å². The first-order chi connectivity index (χ1) is 13.2. The van der Waals surface area contributed by atoms with Crippen LogP contribution in [0.4, 0.5) is 0 Å². The van der Waals surface area contributed by atoms with Crippen LogP contribution in [0.5, 0.6) is 17.2 Å². The molecule has 0 saturated carbocycles. The lowest BCUT2D eigenvalue weighted by Gasteiger charge is -2.24. The summed E-state index contributed by atoms with van der Waals surface area (Å²) in [5.41, 5.74) is 2.61. The summed E-state index contributed by atoms with van der Waals surface area (Å²) in [6.07, 6.45) is 2.66. The van der Waals surface area contributed by atoms with Crippen LogP contribution in [0.3, 0.4) is 0 Å². The van der Waals surface area contributed by atoms with Gasteiger partial charge in [-0.2, -0.15) is 0 Å². The molecule has 5 nitrogen and oxygen atoms in total. The van der Waals surface area contributed by atoms with Gasteiger partial charge < -0.3 is 24.4 Å². The van der Waals surface area contributed by atoms with Crippen LogP contribution in [0.1, 0.15) is 30.0 Å². The van der Waals surface area contributed by atoms with Gasteiger partial charge in [0.25, 0.3) is 0 Å². The van der Waals surface area contributed by atoms with E-state index < -0.39 is 0 Å². The molecule has 3 rings (SSSR count). The highest BCUT2D eigenvalue weighted by Gasteiger charge is 2.28. The number of rotatable bonds is 9. The fourth-order valence-electron chi connectivity index (χ4n) is 3.95. The molecule has 1 aliphatic heterocycles. The van der Waals surface area contributed by atoms with Crippen LogP contribution in [0.2, 0.25) is 0 Å². The number of methoxy groups -OCH3 is 3. The molecule has 3 N–H and O–H groups in total. The second-order valence-electron chi connectivity index (χ2n) is 7.14. The van der Waals surface area contributed by atoms with Crippen molar-refractivity contribution in [1.82, 2.24) is 0 Å². The summed E-state index contributed by atoms with van der Waals surface area (Å²) < 4.78 is 16.1. The minimum Gasteiger partial charge on any atom is -0.497 e. The molecule has 146 valence electrons. The van der Waals surface area contributed by atoms with Crippen LogP contribution in [-0.4, -0.2) is 41.0 Å². The highest BCUT2D eigenvalue weighted by molar-refractivity contribution is 5.38. The predicted octanol–water partition coefficient (Wildman–Crippen LogP) is 1.20. The molecular formula is C22H32N2O3+2. The Balaban J connectivity index is 1.67. The molecule has 0 amide bonds. The van der Waals surface area contributed by atoms with Crippen molar-refractivity contribution in [2.45, 2.75) is 25.4 Å². The van der Waals surface area contributed by atoms with E-state index in [4.69, 9.17) is 14.2 Å². The molecule has 0 aromatic heterocycles. The van der Waals surface area contributed by atoms with Crippen LogP contribution in [0.15, 0.2) is 42.5 Å². The van der Waals surface area contributed by atoms with Gasteiger partial charge in [-0.25, -0.2) is 0 Å². The summed E-state index contributed by atoms with van der Waals surface area (Å²) in [6.45, 7) is 4.49. The quantitative estimate of drug-likeness (QED) is 0.695. The first-order valence-electron chi connectivity index (χ1n) is 9.75. The summed E-state index contributed by atoms with van der Waals surface area (Å²) in [6, 6.07) is 15.2. The minimum absolute atomic E-state index is 0.505. The third kappa shape index (κ3) is 5.15. The monoisotopic (exact) mass is 372 g/mol. The van der Waals surface area contributed by atoms with E-state index in [1.54, 1.807) is 26.2 Å². The fourth-order valence-corrected chi connectivity index (χ4v) is 3.95. The molecule has 2 aromatic rings. The van der Waals surface area contributed by atoms with E-state index in [0.717, 1.165) is 30.3 Å². The summed E-state index contributed by atoms with van der Waals surface area (Å²) in [5, 5.41) is 2.40. The molecular weight excluding hydrogens is 340 g/mol. The topological polar surface area (TPSA) is 48.7 Å². The average Bonchev–Trinajstić information content (AvgIpc) is 3.25. The van der Waals surface area contributed by atoms with E-state index in [1.807, 2.05) is 6.07 Å². The first kappa shape index (κ1) is 19.5. The SMILES string of the molecule is COc1ccc([C@H](C[NH2+]Cc2cc(OC)cc(OC)c2)[NH+]2CCCC2)cc1. The van der Waals surface area contributed by atoms with Crippen molar-refractivity contribution in [3.05, 3.63) is 53.6 Å². The number of quaternary nitrogens is 2. The minimum atomic E-state index is 0.505. The Kier molecular flexibility index (Phi) is 6.96. The number of benzene rings is 2. The van der Waals surface area contributed by atoms with Gasteiger partial charge in [-0.15, -0.1) is 0 Å². The molecule has 1 aliphatic rings. The summed E-state index contributed by atoms with van der Waals surface area (Å²) >= 11 is 0. The maximum atomic E-state index is 5.39. The summed E-state index contributed by atoms with van der Waals surface area (Å²) in [5.74, 6) is 2.60. The van der Waals surface area contributed by atoms with Crippen molar-refractivity contribution in [3.8, 4) is 17.2 Å². The molecule has 1 fully saturated rings. The molecule has 1 heterocycles. The van der Waals surface area contributed by atoms with E-state index in [9.17, 15) is 0 Å². The normalized spacial score (nSPS) is 15.5.